The van der Waals surface area contributed by atoms with Crippen LogP contribution in [0.3, 0.4) is 0 Å². The van der Waals surface area contributed by atoms with Crippen LogP contribution in [0.1, 0.15) is 22.4 Å². The van der Waals surface area contributed by atoms with Crippen LogP contribution in [0.25, 0.3) is 10.8 Å². The van der Waals surface area contributed by atoms with Crippen molar-refractivity contribution < 1.29 is 9.53 Å². The van der Waals surface area contributed by atoms with E-state index < -0.39 is 5.91 Å². The molecule has 1 N–H and O–H groups in total. The third-order valence-electron chi connectivity index (χ3n) is 5.23. The van der Waals surface area contributed by atoms with Gasteiger partial charge in [0.15, 0.2) is 0 Å². The highest BCUT2D eigenvalue weighted by molar-refractivity contribution is 5.94. The summed E-state index contributed by atoms with van der Waals surface area (Å²) in [5.74, 6) is -0.209. The molecule has 7 heteroatoms. The van der Waals surface area contributed by atoms with E-state index in [2.05, 4.69) is 15.6 Å². The molecule has 0 aliphatic rings. The largest absolute Gasteiger partial charge is 0.480 e. The average molecular weight is 441 g/mol. The quantitative estimate of drug-likeness (QED) is 0.283. The molecule has 33 heavy (non-hydrogen) atoms. The molecule has 166 valence electrons. The van der Waals surface area contributed by atoms with Crippen LogP contribution in [0.15, 0.2) is 88.8 Å². The molecule has 0 aliphatic heterocycles. The Hall–Kier alpha value is -4.26. The van der Waals surface area contributed by atoms with E-state index in [4.69, 9.17) is 4.74 Å². The normalized spacial score (nSPS) is 11.4. The molecule has 0 radical (unpaired) electrons. The molecule has 1 aromatic heterocycles. The zero-order chi connectivity index (χ0) is 23.2. The first-order chi connectivity index (χ1) is 16.0. The number of amides is 1. The Balaban J connectivity index is 1.60. The second kappa shape index (κ2) is 9.91. The van der Waals surface area contributed by atoms with Gasteiger partial charge in [-0.3, -0.25) is 9.59 Å². The van der Waals surface area contributed by atoms with Crippen LogP contribution in [0.2, 0.25) is 0 Å². The van der Waals surface area contributed by atoms with Crippen molar-refractivity contribution in [3.05, 3.63) is 112 Å². The topological polar surface area (TPSA) is 85.6 Å². The van der Waals surface area contributed by atoms with Gasteiger partial charge in [-0.05, 0) is 30.7 Å². The number of benzene rings is 3. The van der Waals surface area contributed by atoms with Gasteiger partial charge in [-0.25, -0.2) is 10.1 Å². The van der Waals surface area contributed by atoms with Gasteiger partial charge in [0.05, 0.1) is 18.2 Å². The van der Waals surface area contributed by atoms with Gasteiger partial charge < -0.3 is 4.74 Å². The summed E-state index contributed by atoms with van der Waals surface area (Å²) in [6.07, 6.45) is 0.544. The number of hydrogen-bond acceptors (Lipinski definition) is 5. The highest BCUT2D eigenvalue weighted by atomic mass is 16.5. The number of carbonyl (C=O) groups is 1. The Morgan fingerprint density at radius 2 is 1.64 bits per heavy atom. The van der Waals surface area contributed by atoms with E-state index in [1.165, 1.54) is 11.8 Å². The molecule has 1 heterocycles. The maximum atomic E-state index is 13.0. The van der Waals surface area contributed by atoms with E-state index in [1.54, 1.807) is 12.1 Å². The molecule has 3 aromatic carbocycles. The number of ether oxygens (including phenoxy) is 1. The fourth-order valence-corrected chi connectivity index (χ4v) is 3.54. The molecule has 1 amide bonds. The van der Waals surface area contributed by atoms with E-state index in [9.17, 15) is 9.59 Å². The number of rotatable bonds is 6. The Labute approximate surface area is 191 Å². The van der Waals surface area contributed by atoms with Crippen LogP contribution >= 0.6 is 0 Å². The van der Waals surface area contributed by atoms with Crippen molar-refractivity contribution in [1.82, 2.24) is 15.2 Å². The van der Waals surface area contributed by atoms with Crippen molar-refractivity contribution in [3.8, 4) is 0 Å². The van der Waals surface area contributed by atoms with Crippen molar-refractivity contribution in [1.29, 1.82) is 0 Å². The smallest absolute Gasteiger partial charge is 0.275 e. The molecular weight excluding hydrogens is 416 g/mol. The van der Waals surface area contributed by atoms with Crippen molar-refractivity contribution >= 4 is 22.6 Å². The van der Waals surface area contributed by atoms with Gasteiger partial charge in [0.2, 0.25) is 5.90 Å². The molecule has 0 unspecified atom stereocenters. The fourth-order valence-electron chi connectivity index (χ4n) is 3.54. The van der Waals surface area contributed by atoms with Gasteiger partial charge in [-0.1, -0.05) is 66.2 Å². The molecule has 0 bridgehead atoms. The molecule has 0 aliphatic carbocycles. The van der Waals surface area contributed by atoms with Gasteiger partial charge in [0.1, 0.15) is 6.54 Å². The monoisotopic (exact) mass is 440 g/mol. The minimum Gasteiger partial charge on any atom is -0.480 e. The summed E-state index contributed by atoms with van der Waals surface area (Å²) >= 11 is 0. The van der Waals surface area contributed by atoms with Crippen LogP contribution in [0, 0.1) is 6.92 Å². The molecule has 0 fully saturated rings. The SMILES string of the molecule is CO/C(=N/NC(=O)Cn1nc(Cc2ccccc2)c2ccccc2c1=O)c1ccc(C)cc1. The van der Waals surface area contributed by atoms with Gasteiger partial charge in [0.25, 0.3) is 11.5 Å². The number of carbonyl (C=O) groups excluding carboxylic acids is 1. The third kappa shape index (κ3) is 5.15. The number of methoxy groups -OCH3 is 1. The Kier molecular flexibility index (Phi) is 6.59. The summed E-state index contributed by atoms with van der Waals surface area (Å²) in [6.45, 7) is 1.72. The number of nitrogens with one attached hydrogen (secondary N) is 1. The number of fused-ring (bicyclic) bond motifs is 1. The van der Waals surface area contributed by atoms with E-state index in [1.807, 2.05) is 73.7 Å². The molecule has 0 spiro atoms. The van der Waals surface area contributed by atoms with Crippen molar-refractivity contribution in [2.75, 3.05) is 7.11 Å². The second-order valence-corrected chi connectivity index (χ2v) is 7.64. The van der Waals surface area contributed by atoms with Crippen molar-refractivity contribution in [2.45, 2.75) is 19.9 Å². The van der Waals surface area contributed by atoms with Crippen LogP contribution in [-0.4, -0.2) is 28.7 Å². The molecule has 7 nitrogen and oxygen atoms in total. The molecule has 0 saturated carbocycles. The highest BCUT2D eigenvalue weighted by Gasteiger charge is 2.14. The average Bonchev–Trinajstić information content (AvgIpc) is 2.84. The summed E-state index contributed by atoms with van der Waals surface area (Å²) in [5, 5.41) is 9.89. The van der Waals surface area contributed by atoms with Gasteiger partial charge in [-0.2, -0.15) is 5.10 Å². The zero-order valence-electron chi connectivity index (χ0n) is 18.5. The lowest BCUT2D eigenvalue weighted by Crippen LogP contribution is -2.33. The second-order valence-electron chi connectivity index (χ2n) is 7.64. The first-order valence-corrected chi connectivity index (χ1v) is 10.6. The lowest BCUT2D eigenvalue weighted by molar-refractivity contribution is -0.121. The van der Waals surface area contributed by atoms with Gasteiger partial charge >= 0.3 is 0 Å². The Morgan fingerprint density at radius 1 is 0.970 bits per heavy atom. The molecule has 4 rings (SSSR count). The maximum Gasteiger partial charge on any atom is 0.275 e. The predicted octanol–water partition coefficient (Wildman–Crippen LogP) is 3.42. The summed E-state index contributed by atoms with van der Waals surface area (Å²) in [6, 6.07) is 24.8. The fraction of sp³-hybridized carbons (Fsp3) is 0.154. The summed E-state index contributed by atoms with van der Waals surface area (Å²) in [5.41, 5.74) is 5.76. The minimum absolute atomic E-state index is 0.264. The van der Waals surface area contributed by atoms with E-state index in [0.29, 0.717) is 11.8 Å². The zero-order valence-corrected chi connectivity index (χ0v) is 18.5. The number of hydrogen-bond donors (Lipinski definition) is 1. The van der Waals surface area contributed by atoms with Crippen LogP contribution < -0.4 is 11.0 Å². The summed E-state index contributed by atoms with van der Waals surface area (Å²) < 4.78 is 6.48. The van der Waals surface area contributed by atoms with Crippen LogP contribution in [0.5, 0.6) is 0 Å². The lowest BCUT2D eigenvalue weighted by Gasteiger charge is -2.11. The number of aryl methyl sites for hydroxylation is 1. The van der Waals surface area contributed by atoms with Gasteiger partial charge in [0, 0.05) is 17.4 Å². The predicted molar refractivity (Wildman–Crippen MR) is 128 cm³/mol. The first kappa shape index (κ1) is 22.0. The standard InChI is InChI=1S/C26H24N4O3/c1-18-12-14-20(15-13-18)25(33-2)28-27-24(31)17-30-26(32)22-11-7-6-10-21(22)23(29-30)16-19-8-4-3-5-9-19/h3-15H,16-17H2,1-2H3,(H,27,31)/b28-25+. The van der Waals surface area contributed by atoms with Crippen LogP contribution in [0.4, 0.5) is 0 Å². The minimum atomic E-state index is -0.479. The molecule has 0 atom stereocenters. The third-order valence-corrected chi connectivity index (χ3v) is 5.23. The van der Waals surface area contributed by atoms with E-state index in [-0.39, 0.29) is 18.0 Å². The van der Waals surface area contributed by atoms with Crippen LogP contribution in [-0.2, 0) is 22.5 Å². The first-order valence-electron chi connectivity index (χ1n) is 10.6. The van der Waals surface area contributed by atoms with E-state index >= 15 is 0 Å². The lowest BCUT2D eigenvalue weighted by atomic mass is 10.0. The van der Waals surface area contributed by atoms with Crippen molar-refractivity contribution in [2.24, 2.45) is 5.10 Å². The molecular formula is C26H24N4O3. The van der Waals surface area contributed by atoms with Crippen molar-refractivity contribution in [3.63, 3.8) is 0 Å². The summed E-state index contributed by atoms with van der Waals surface area (Å²) in [4.78, 5) is 25.6. The number of aromatic nitrogens is 2. The highest BCUT2D eigenvalue weighted by Crippen LogP contribution is 2.17. The summed E-state index contributed by atoms with van der Waals surface area (Å²) in [7, 11) is 1.48. The number of nitrogens with zero attached hydrogens (tertiary/aromatic N) is 3. The maximum absolute atomic E-state index is 13.0. The van der Waals surface area contributed by atoms with E-state index in [0.717, 1.165) is 27.8 Å². The Bertz CT molecular complexity index is 1360. The molecule has 0 saturated heterocycles. The molecule has 4 aromatic rings. The number of hydrazone groups is 1. The Morgan fingerprint density at radius 3 is 2.33 bits per heavy atom. The van der Waals surface area contributed by atoms with Gasteiger partial charge in [-0.15, -0.1) is 5.10 Å².